The number of rotatable bonds is 4. The van der Waals surface area contributed by atoms with E-state index in [-0.39, 0.29) is 16.8 Å². The number of nitrogens with one attached hydrogen (secondary N) is 1. The fourth-order valence-corrected chi connectivity index (χ4v) is 1.21. The van der Waals surface area contributed by atoms with Crippen LogP contribution >= 0.6 is 15.9 Å². The third-order valence-electron chi connectivity index (χ3n) is 1.45. The standard InChI is InChI=1S/C10H16BrNO2/c1-4-5-6-8(2)12-10(13)9(11)7-14-3/h8-9H,4,7H2,1-3H3,(H,12,13). The van der Waals surface area contributed by atoms with Gasteiger partial charge in [0.2, 0.25) is 5.91 Å². The predicted molar refractivity (Wildman–Crippen MR) is 60.3 cm³/mol. The van der Waals surface area contributed by atoms with E-state index in [4.69, 9.17) is 4.74 Å². The normalized spacial score (nSPS) is 13.7. The summed E-state index contributed by atoms with van der Waals surface area (Å²) in [6, 6.07) is -0.112. The Balaban J connectivity index is 3.92. The lowest BCUT2D eigenvalue weighted by molar-refractivity contribution is -0.121. The van der Waals surface area contributed by atoms with E-state index in [9.17, 15) is 4.79 Å². The molecule has 0 heterocycles. The van der Waals surface area contributed by atoms with Crippen LogP contribution in [0, 0.1) is 11.8 Å². The van der Waals surface area contributed by atoms with Gasteiger partial charge in [0.25, 0.3) is 0 Å². The van der Waals surface area contributed by atoms with Gasteiger partial charge in [-0.15, -0.1) is 5.92 Å². The molecule has 0 aromatic rings. The molecule has 0 spiro atoms. The molecule has 0 aliphatic heterocycles. The van der Waals surface area contributed by atoms with E-state index in [0.717, 1.165) is 6.42 Å². The maximum absolute atomic E-state index is 11.4. The molecule has 2 unspecified atom stereocenters. The van der Waals surface area contributed by atoms with Crippen molar-refractivity contribution >= 4 is 21.8 Å². The highest BCUT2D eigenvalue weighted by molar-refractivity contribution is 9.10. The van der Waals surface area contributed by atoms with Crippen molar-refractivity contribution < 1.29 is 9.53 Å². The minimum atomic E-state index is -0.307. The average Bonchev–Trinajstić information content (AvgIpc) is 2.15. The molecule has 0 aliphatic carbocycles. The van der Waals surface area contributed by atoms with Crippen molar-refractivity contribution in [2.75, 3.05) is 13.7 Å². The summed E-state index contributed by atoms with van der Waals surface area (Å²) in [5.41, 5.74) is 0. The van der Waals surface area contributed by atoms with E-state index in [1.165, 1.54) is 0 Å². The van der Waals surface area contributed by atoms with Gasteiger partial charge in [-0.3, -0.25) is 4.79 Å². The lowest BCUT2D eigenvalue weighted by atomic mass is 10.3. The van der Waals surface area contributed by atoms with Crippen molar-refractivity contribution in [3.8, 4) is 11.8 Å². The number of hydrogen-bond acceptors (Lipinski definition) is 2. The minimum absolute atomic E-state index is 0.0928. The van der Waals surface area contributed by atoms with Crippen LogP contribution in [0.15, 0.2) is 0 Å². The predicted octanol–water partition coefficient (Wildman–Crippen LogP) is 1.31. The highest BCUT2D eigenvalue weighted by Crippen LogP contribution is 2.00. The Morgan fingerprint density at radius 3 is 2.79 bits per heavy atom. The Hall–Kier alpha value is -0.530. The molecule has 0 aromatic heterocycles. The van der Waals surface area contributed by atoms with Gasteiger partial charge in [-0.1, -0.05) is 28.8 Å². The van der Waals surface area contributed by atoms with Gasteiger partial charge in [0.05, 0.1) is 12.6 Å². The Morgan fingerprint density at radius 1 is 1.64 bits per heavy atom. The summed E-state index contributed by atoms with van der Waals surface area (Å²) in [6.07, 6.45) is 0.802. The number of alkyl halides is 1. The molecule has 0 saturated carbocycles. The van der Waals surface area contributed by atoms with Gasteiger partial charge in [0.1, 0.15) is 4.83 Å². The summed E-state index contributed by atoms with van der Waals surface area (Å²) in [7, 11) is 1.56. The van der Waals surface area contributed by atoms with Crippen molar-refractivity contribution in [1.29, 1.82) is 0 Å². The van der Waals surface area contributed by atoms with Crippen molar-refractivity contribution in [3.05, 3.63) is 0 Å². The maximum Gasteiger partial charge on any atom is 0.237 e. The zero-order valence-corrected chi connectivity index (χ0v) is 10.3. The van der Waals surface area contributed by atoms with E-state index >= 15 is 0 Å². The third kappa shape index (κ3) is 6.01. The summed E-state index contributed by atoms with van der Waals surface area (Å²) in [5.74, 6) is 5.74. The first-order valence-electron chi connectivity index (χ1n) is 4.53. The van der Waals surface area contributed by atoms with Crippen LogP contribution in [0.4, 0.5) is 0 Å². The first-order valence-corrected chi connectivity index (χ1v) is 5.45. The SMILES string of the molecule is CCC#CC(C)NC(=O)C(Br)COC. The Morgan fingerprint density at radius 2 is 2.29 bits per heavy atom. The number of methoxy groups -OCH3 is 1. The van der Waals surface area contributed by atoms with Crippen LogP contribution < -0.4 is 5.32 Å². The van der Waals surface area contributed by atoms with E-state index in [2.05, 4.69) is 33.1 Å². The van der Waals surface area contributed by atoms with Crippen molar-refractivity contribution in [2.24, 2.45) is 0 Å². The van der Waals surface area contributed by atoms with Gasteiger partial charge < -0.3 is 10.1 Å². The second-order valence-corrected chi connectivity index (χ2v) is 3.93. The first kappa shape index (κ1) is 13.5. The zero-order valence-electron chi connectivity index (χ0n) is 8.76. The van der Waals surface area contributed by atoms with Gasteiger partial charge in [-0.2, -0.15) is 0 Å². The van der Waals surface area contributed by atoms with E-state index in [1.807, 2.05) is 13.8 Å². The lowest BCUT2D eigenvalue weighted by Crippen LogP contribution is -2.38. The van der Waals surface area contributed by atoms with Crippen LogP contribution in [0.25, 0.3) is 0 Å². The van der Waals surface area contributed by atoms with Crippen LogP contribution in [0.1, 0.15) is 20.3 Å². The summed E-state index contributed by atoms with van der Waals surface area (Å²) in [4.78, 5) is 11.1. The molecular weight excluding hydrogens is 246 g/mol. The highest BCUT2D eigenvalue weighted by atomic mass is 79.9. The third-order valence-corrected chi connectivity index (χ3v) is 2.13. The fraction of sp³-hybridized carbons (Fsp3) is 0.700. The maximum atomic E-state index is 11.4. The smallest absolute Gasteiger partial charge is 0.237 e. The van der Waals surface area contributed by atoms with Crippen molar-refractivity contribution in [3.63, 3.8) is 0 Å². The lowest BCUT2D eigenvalue weighted by Gasteiger charge is -2.11. The topological polar surface area (TPSA) is 38.3 Å². The van der Waals surface area contributed by atoms with Gasteiger partial charge in [0, 0.05) is 13.5 Å². The average molecular weight is 262 g/mol. The van der Waals surface area contributed by atoms with Gasteiger partial charge in [-0.25, -0.2) is 0 Å². The largest absolute Gasteiger partial charge is 0.383 e. The van der Waals surface area contributed by atoms with Gasteiger partial charge in [-0.05, 0) is 6.92 Å². The molecule has 2 atom stereocenters. The summed E-state index contributed by atoms with van der Waals surface area (Å²) in [6.45, 7) is 4.19. The van der Waals surface area contributed by atoms with Crippen LogP contribution in [0.3, 0.4) is 0 Å². The molecule has 1 N–H and O–H groups in total. The molecule has 0 radical (unpaired) electrons. The van der Waals surface area contributed by atoms with Crippen LogP contribution in [-0.4, -0.2) is 30.5 Å². The molecule has 4 heteroatoms. The Labute approximate surface area is 93.7 Å². The number of ether oxygens (including phenoxy) is 1. The van der Waals surface area contributed by atoms with Crippen molar-refractivity contribution in [2.45, 2.75) is 31.1 Å². The number of halogens is 1. The quantitative estimate of drug-likeness (QED) is 0.613. The molecule has 3 nitrogen and oxygen atoms in total. The molecule has 0 saturated heterocycles. The zero-order chi connectivity index (χ0) is 11.0. The van der Waals surface area contributed by atoms with Crippen LogP contribution in [0.2, 0.25) is 0 Å². The van der Waals surface area contributed by atoms with Gasteiger partial charge in [0.15, 0.2) is 0 Å². The van der Waals surface area contributed by atoms with Crippen molar-refractivity contribution in [1.82, 2.24) is 5.32 Å². The monoisotopic (exact) mass is 261 g/mol. The van der Waals surface area contributed by atoms with E-state index < -0.39 is 0 Å². The Kier molecular flexibility index (Phi) is 7.54. The van der Waals surface area contributed by atoms with E-state index in [1.54, 1.807) is 7.11 Å². The fourth-order valence-electron chi connectivity index (χ4n) is 0.817. The minimum Gasteiger partial charge on any atom is -0.383 e. The second-order valence-electron chi connectivity index (χ2n) is 2.83. The molecular formula is C10H16BrNO2. The highest BCUT2D eigenvalue weighted by Gasteiger charge is 2.15. The number of carbonyl (C=O) groups excluding carboxylic acids is 1. The first-order chi connectivity index (χ1) is 6.61. The molecule has 0 fully saturated rings. The molecule has 0 aliphatic rings. The molecule has 0 rings (SSSR count). The van der Waals surface area contributed by atoms with Gasteiger partial charge >= 0.3 is 0 Å². The van der Waals surface area contributed by atoms with E-state index in [0.29, 0.717) is 6.61 Å². The Bertz CT molecular complexity index is 232. The van der Waals surface area contributed by atoms with Crippen LogP contribution in [0.5, 0.6) is 0 Å². The summed E-state index contributed by atoms with van der Waals surface area (Å²) >= 11 is 3.21. The number of carbonyl (C=O) groups is 1. The number of amides is 1. The molecule has 1 amide bonds. The number of hydrogen-bond donors (Lipinski definition) is 1. The molecule has 80 valence electrons. The molecule has 0 aromatic carbocycles. The molecule has 0 bridgehead atoms. The van der Waals surface area contributed by atoms with Crippen LogP contribution in [-0.2, 0) is 9.53 Å². The second kappa shape index (κ2) is 7.84. The summed E-state index contributed by atoms with van der Waals surface area (Å²) in [5, 5.41) is 2.76. The summed E-state index contributed by atoms with van der Waals surface area (Å²) < 4.78 is 4.84. The molecule has 14 heavy (non-hydrogen) atoms.